The Morgan fingerprint density at radius 2 is 2.00 bits per heavy atom. The molecular formula is C17H26N4. The van der Waals surface area contributed by atoms with Crippen molar-refractivity contribution in [1.29, 1.82) is 0 Å². The number of para-hydroxylation sites is 1. The van der Waals surface area contributed by atoms with E-state index in [0.717, 1.165) is 38.6 Å². The molecule has 1 aromatic carbocycles. The van der Waals surface area contributed by atoms with Crippen molar-refractivity contribution in [3.63, 3.8) is 0 Å². The van der Waals surface area contributed by atoms with Gasteiger partial charge in [-0.25, -0.2) is 0 Å². The van der Waals surface area contributed by atoms with Crippen molar-refractivity contribution >= 4 is 11.6 Å². The Kier molecular flexibility index (Phi) is 4.32. The second-order valence-corrected chi connectivity index (χ2v) is 6.16. The average molecular weight is 286 g/mol. The molecule has 0 saturated carbocycles. The molecule has 0 spiro atoms. The number of aliphatic imine (C=N–C) groups is 1. The van der Waals surface area contributed by atoms with Crippen LogP contribution in [0.2, 0.25) is 0 Å². The fourth-order valence-corrected chi connectivity index (χ4v) is 3.47. The van der Waals surface area contributed by atoms with Gasteiger partial charge in [-0.15, -0.1) is 0 Å². The Labute approximate surface area is 127 Å². The fourth-order valence-electron chi connectivity index (χ4n) is 3.47. The van der Waals surface area contributed by atoms with Crippen molar-refractivity contribution in [1.82, 2.24) is 4.90 Å². The van der Waals surface area contributed by atoms with E-state index in [1.54, 1.807) is 0 Å². The highest BCUT2D eigenvalue weighted by Gasteiger charge is 2.24. The number of guanidine groups is 1. The minimum atomic E-state index is 0.564. The summed E-state index contributed by atoms with van der Waals surface area (Å²) in [6.45, 7) is 6.15. The first-order chi connectivity index (χ1) is 10.3. The first-order valence-corrected chi connectivity index (χ1v) is 8.15. The van der Waals surface area contributed by atoms with E-state index in [1.165, 1.54) is 30.5 Å². The van der Waals surface area contributed by atoms with Gasteiger partial charge in [-0.1, -0.05) is 18.2 Å². The van der Waals surface area contributed by atoms with Crippen molar-refractivity contribution in [3.8, 4) is 0 Å². The minimum absolute atomic E-state index is 0.564. The summed E-state index contributed by atoms with van der Waals surface area (Å²) in [6.07, 6.45) is 4.95. The Bertz CT molecular complexity index is 505. The number of hydrogen-bond donors (Lipinski definition) is 1. The van der Waals surface area contributed by atoms with E-state index >= 15 is 0 Å². The maximum Gasteiger partial charge on any atom is 0.191 e. The number of benzene rings is 1. The predicted octanol–water partition coefficient (Wildman–Crippen LogP) is 2.24. The molecule has 1 fully saturated rings. The highest BCUT2D eigenvalue weighted by molar-refractivity contribution is 5.78. The third kappa shape index (κ3) is 3.14. The Morgan fingerprint density at radius 1 is 1.24 bits per heavy atom. The molecule has 4 heteroatoms. The standard InChI is InChI=1S/C17H26N4/c1-14-13-15-7-3-4-8-16(15)21(14)12-9-19-17(18)20-10-5-2-6-11-20/h3-4,7-8,14H,2,5-6,9-13H2,1H3,(H2,18,19). The lowest BCUT2D eigenvalue weighted by Crippen LogP contribution is -2.41. The highest BCUT2D eigenvalue weighted by Crippen LogP contribution is 2.31. The van der Waals surface area contributed by atoms with Crippen LogP contribution in [0.1, 0.15) is 31.7 Å². The summed E-state index contributed by atoms with van der Waals surface area (Å²) in [5, 5.41) is 0. The van der Waals surface area contributed by atoms with Gasteiger partial charge in [0.15, 0.2) is 5.96 Å². The Hall–Kier alpha value is -1.71. The maximum atomic E-state index is 6.12. The molecule has 114 valence electrons. The highest BCUT2D eigenvalue weighted by atomic mass is 15.3. The quantitative estimate of drug-likeness (QED) is 0.684. The molecule has 2 aliphatic rings. The summed E-state index contributed by atoms with van der Waals surface area (Å²) < 4.78 is 0. The van der Waals surface area contributed by atoms with Gasteiger partial charge in [0.25, 0.3) is 0 Å². The number of piperidine rings is 1. The molecule has 0 radical (unpaired) electrons. The molecular weight excluding hydrogens is 260 g/mol. The average Bonchev–Trinajstić information content (AvgIpc) is 2.84. The SMILES string of the molecule is CC1Cc2ccccc2N1CCN=C(N)N1CCCCC1. The van der Waals surface area contributed by atoms with Gasteiger partial charge in [-0.3, -0.25) is 4.99 Å². The normalized spacial score (nSPS) is 22.5. The van der Waals surface area contributed by atoms with E-state index in [0.29, 0.717) is 6.04 Å². The molecule has 1 aromatic rings. The summed E-state index contributed by atoms with van der Waals surface area (Å²) in [6, 6.07) is 9.26. The zero-order valence-electron chi connectivity index (χ0n) is 13.0. The van der Waals surface area contributed by atoms with Crippen LogP contribution < -0.4 is 10.6 Å². The number of likely N-dealkylation sites (tertiary alicyclic amines) is 1. The molecule has 2 heterocycles. The third-order valence-electron chi connectivity index (χ3n) is 4.64. The smallest absolute Gasteiger partial charge is 0.191 e. The van der Waals surface area contributed by atoms with Crippen molar-refractivity contribution < 1.29 is 0 Å². The third-order valence-corrected chi connectivity index (χ3v) is 4.64. The number of rotatable bonds is 3. The second-order valence-electron chi connectivity index (χ2n) is 6.16. The lowest BCUT2D eigenvalue weighted by atomic mass is 10.1. The molecule has 21 heavy (non-hydrogen) atoms. The summed E-state index contributed by atoms with van der Waals surface area (Å²) in [5.74, 6) is 0.731. The van der Waals surface area contributed by atoms with Gasteiger partial charge < -0.3 is 15.5 Å². The van der Waals surface area contributed by atoms with Gasteiger partial charge in [-0.2, -0.15) is 0 Å². The zero-order chi connectivity index (χ0) is 14.7. The predicted molar refractivity (Wildman–Crippen MR) is 88.9 cm³/mol. The number of hydrogen-bond acceptors (Lipinski definition) is 2. The van der Waals surface area contributed by atoms with E-state index in [2.05, 4.69) is 46.0 Å². The van der Waals surface area contributed by atoms with Gasteiger partial charge in [-0.05, 0) is 44.2 Å². The van der Waals surface area contributed by atoms with Crippen LogP contribution in [0.3, 0.4) is 0 Å². The molecule has 3 rings (SSSR count). The van der Waals surface area contributed by atoms with Crippen LogP contribution in [0.5, 0.6) is 0 Å². The molecule has 1 unspecified atom stereocenters. The van der Waals surface area contributed by atoms with Crippen molar-refractivity contribution in [2.24, 2.45) is 10.7 Å². The van der Waals surface area contributed by atoms with Crippen LogP contribution in [0.4, 0.5) is 5.69 Å². The summed E-state index contributed by atoms with van der Waals surface area (Å²) >= 11 is 0. The molecule has 0 bridgehead atoms. The molecule has 0 aromatic heterocycles. The molecule has 1 saturated heterocycles. The molecule has 2 aliphatic heterocycles. The molecule has 0 amide bonds. The molecule has 2 N–H and O–H groups in total. The topological polar surface area (TPSA) is 44.9 Å². The van der Waals surface area contributed by atoms with Crippen LogP contribution in [0.25, 0.3) is 0 Å². The van der Waals surface area contributed by atoms with Gasteiger partial charge in [0.1, 0.15) is 0 Å². The van der Waals surface area contributed by atoms with Crippen molar-refractivity contribution in [3.05, 3.63) is 29.8 Å². The van der Waals surface area contributed by atoms with E-state index in [1.807, 2.05) is 0 Å². The van der Waals surface area contributed by atoms with Crippen molar-refractivity contribution in [2.75, 3.05) is 31.1 Å². The lowest BCUT2D eigenvalue weighted by Gasteiger charge is -2.28. The summed E-state index contributed by atoms with van der Waals surface area (Å²) in [4.78, 5) is 9.29. The minimum Gasteiger partial charge on any atom is -0.370 e. The first kappa shape index (κ1) is 14.2. The fraction of sp³-hybridized carbons (Fsp3) is 0.588. The van der Waals surface area contributed by atoms with Gasteiger partial charge in [0, 0.05) is 31.4 Å². The van der Waals surface area contributed by atoms with Crippen LogP contribution in [0, 0.1) is 0 Å². The van der Waals surface area contributed by atoms with E-state index in [4.69, 9.17) is 5.73 Å². The molecule has 1 atom stereocenters. The van der Waals surface area contributed by atoms with Gasteiger partial charge in [0.05, 0.1) is 6.54 Å². The van der Waals surface area contributed by atoms with Crippen molar-refractivity contribution in [2.45, 2.75) is 38.6 Å². The summed E-state index contributed by atoms with van der Waals surface area (Å²) in [7, 11) is 0. The van der Waals surface area contributed by atoms with Crippen LogP contribution in [-0.2, 0) is 6.42 Å². The van der Waals surface area contributed by atoms with Crippen LogP contribution >= 0.6 is 0 Å². The van der Waals surface area contributed by atoms with Gasteiger partial charge >= 0.3 is 0 Å². The molecule has 0 aliphatic carbocycles. The second kappa shape index (κ2) is 6.37. The first-order valence-electron chi connectivity index (χ1n) is 8.15. The zero-order valence-corrected chi connectivity index (χ0v) is 13.0. The number of fused-ring (bicyclic) bond motifs is 1. The number of anilines is 1. The Balaban J connectivity index is 1.57. The lowest BCUT2D eigenvalue weighted by molar-refractivity contribution is 0.338. The monoisotopic (exact) mass is 286 g/mol. The molecule has 4 nitrogen and oxygen atoms in total. The van der Waals surface area contributed by atoms with E-state index in [-0.39, 0.29) is 0 Å². The summed E-state index contributed by atoms with van der Waals surface area (Å²) in [5.41, 5.74) is 8.95. The maximum absolute atomic E-state index is 6.12. The van der Waals surface area contributed by atoms with Crippen LogP contribution in [0.15, 0.2) is 29.3 Å². The van der Waals surface area contributed by atoms with E-state index < -0.39 is 0 Å². The number of nitrogens with zero attached hydrogens (tertiary/aromatic N) is 3. The Morgan fingerprint density at radius 3 is 2.81 bits per heavy atom. The van der Waals surface area contributed by atoms with E-state index in [9.17, 15) is 0 Å². The van der Waals surface area contributed by atoms with Gasteiger partial charge in [0.2, 0.25) is 0 Å². The van der Waals surface area contributed by atoms with Crippen LogP contribution in [-0.4, -0.2) is 43.1 Å². The largest absolute Gasteiger partial charge is 0.370 e. The number of nitrogens with two attached hydrogens (primary N) is 1.